The summed E-state index contributed by atoms with van der Waals surface area (Å²) in [7, 11) is 0. The maximum Gasteiger partial charge on any atom is 0.249 e. The maximum atomic E-state index is 13.5. The van der Waals surface area contributed by atoms with Crippen LogP contribution in [0.2, 0.25) is 0 Å². The highest BCUT2D eigenvalue weighted by atomic mass is 19.3. The molecule has 0 atom stereocenters. The molecule has 0 aliphatic heterocycles. The number of hydrogen-bond donors (Lipinski definition) is 1. The minimum absolute atomic E-state index is 0.0906. The van der Waals surface area contributed by atoms with Crippen LogP contribution in [0.3, 0.4) is 0 Å². The molecule has 1 aromatic carbocycles. The summed E-state index contributed by atoms with van der Waals surface area (Å²) < 4.78 is 52.3. The van der Waals surface area contributed by atoms with E-state index in [1.54, 1.807) is 13.8 Å². The molecule has 0 spiro atoms. The Balaban J connectivity index is 2.12. The van der Waals surface area contributed by atoms with Gasteiger partial charge in [0, 0.05) is 30.5 Å². The first-order valence-electron chi connectivity index (χ1n) is 6.37. The van der Waals surface area contributed by atoms with Crippen LogP contribution in [0.5, 0.6) is 0 Å². The molecular weight excluding hydrogens is 274 g/mol. The first kappa shape index (κ1) is 14.8. The molecule has 0 radical (unpaired) electrons. The molecule has 0 aromatic heterocycles. The normalized spacial score (nSPS) is 17.9. The van der Waals surface area contributed by atoms with Gasteiger partial charge in [-0.2, -0.15) is 0 Å². The summed E-state index contributed by atoms with van der Waals surface area (Å²) in [4.78, 5) is 11.7. The van der Waals surface area contributed by atoms with Crippen molar-refractivity contribution in [1.29, 1.82) is 0 Å². The van der Waals surface area contributed by atoms with E-state index in [0.29, 0.717) is 0 Å². The number of nitrogens with one attached hydrogen (secondary N) is 1. The fourth-order valence-corrected chi connectivity index (χ4v) is 2.19. The van der Waals surface area contributed by atoms with Crippen molar-refractivity contribution in [3.05, 3.63) is 29.3 Å². The second-order valence-corrected chi connectivity index (χ2v) is 5.47. The lowest BCUT2D eigenvalue weighted by atomic mass is 9.80. The van der Waals surface area contributed by atoms with E-state index in [2.05, 4.69) is 5.32 Å². The predicted molar refractivity (Wildman–Crippen MR) is 66.7 cm³/mol. The predicted octanol–water partition coefficient (Wildman–Crippen LogP) is 4.07. The zero-order valence-electron chi connectivity index (χ0n) is 11.1. The Labute approximate surface area is 114 Å². The average Bonchev–Trinajstić information content (AvgIpc) is 2.29. The van der Waals surface area contributed by atoms with Gasteiger partial charge in [0.2, 0.25) is 11.8 Å². The molecule has 1 aliphatic rings. The highest BCUT2D eigenvalue weighted by molar-refractivity contribution is 5.93. The lowest BCUT2D eigenvalue weighted by Crippen LogP contribution is -2.42. The van der Waals surface area contributed by atoms with Gasteiger partial charge in [0.05, 0.1) is 0 Å². The van der Waals surface area contributed by atoms with Gasteiger partial charge in [0.15, 0.2) is 11.6 Å². The number of anilines is 1. The number of halogens is 4. The van der Waals surface area contributed by atoms with Crippen LogP contribution in [0, 0.1) is 17.6 Å². The van der Waals surface area contributed by atoms with Crippen LogP contribution in [0.1, 0.15) is 38.2 Å². The Morgan fingerprint density at radius 2 is 1.90 bits per heavy atom. The van der Waals surface area contributed by atoms with Crippen LogP contribution in [-0.4, -0.2) is 11.8 Å². The molecule has 1 aliphatic carbocycles. The van der Waals surface area contributed by atoms with Gasteiger partial charge >= 0.3 is 0 Å². The smallest absolute Gasteiger partial charge is 0.249 e. The second kappa shape index (κ2) is 5.07. The molecule has 1 aromatic rings. The number of alkyl halides is 2. The van der Waals surface area contributed by atoms with Gasteiger partial charge < -0.3 is 5.32 Å². The van der Waals surface area contributed by atoms with Crippen molar-refractivity contribution in [2.45, 2.75) is 38.5 Å². The summed E-state index contributed by atoms with van der Waals surface area (Å²) in [5, 5.41) is 2.37. The van der Waals surface area contributed by atoms with Crippen LogP contribution in [-0.2, 0) is 4.79 Å². The van der Waals surface area contributed by atoms with E-state index in [-0.39, 0.29) is 17.2 Å². The topological polar surface area (TPSA) is 29.1 Å². The summed E-state index contributed by atoms with van der Waals surface area (Å²) in [6.07, 6.45) is -1.00. The number of rotatable bonds is 3. The molecule has 1 N–H and O–H groups in total. The molecular formula is C14H15F4NO. The summed E-state index contributed by atoms with van der Waals surface area (Å²) in [6, 6.07) is 2.19. The number of benzene rings is 1. The number of hydrogen-bond acceptors (Lipinski definition) is 1. The van der Waals surface area contributed by atoms with Crippen molar-refractivity contribution in [3.8, 4) is 0 Å². The third-order valence-electron chi connectivity index (χ3n) is 3.41. The van der Waals surface area contributed by atoms with Gasteiger partial charge in [0.25, 0.3) is 0 Å². The molecule has 1 saturated carbocycles. The number of amides is 1. The van der Waals surface area contributed by atoms with Gasteiger partial charge in [-0.1, -0.05) is 13.8 Å². The minimum Gasteiger partial charge on any atom is -0.326 e. The molecule has 0 saturated heterocycles. The summed E-state index contributed by atoms with van der Waals surface area (Å²) in [5.74, 6) is -6.43. The van der Waals surface area contributed by atoms with Crippen molar-refractivity contribution in [2.24, 2.45) is 5.92 Å². The fourth-order valence-electron chi connectivity index (χ4n) is 2.19. The highest BCUT2D eigenvalue weighted by Crippen LogP contribution is 2.42. The van der Waals surface area contributed by atoms with Gasteiger partial charge in [-0.3, -0.25) is 4.79 Å². The first-order valence-corrected chi connectivity index (χ1v) is 6.37. The van der Waals surface area contributed by atoms with E-state index in [1.165, 1.54) is 6.07 Å². The van der Waals surface area contributed by atoms with Gasteiger partial charge in [-0.15, -0.1) is 0 Å². The molecule has 0 unspecified atom stereocenters. The molecule has 2 nitrogen and oxygen atoms in total. The molecule has 20 heavy (non-hydrogen) atoms. The molecule has 1 fully saturated rings. The van der Waals surface area contributed by atoms with E-state index < -0.39 is 42.2 Å². The monoisotopic (exact) mass is 289 g/mol. The molecule has 0 bridgehead atoms. The zero-order valence-corrected chi connectivity index (χ0v) is 11.1. The largest absolute Gasteiger partial charge is 0.326 e. The van der Waals surface area contributed by atoms with Crippen molar-refractivity contribution >= 4 is 11.6 Å². The molecule has 1 amide bonds. The van der Waals surface area contributed by atoms with E-state index in [0.717, 1.165) is 6.07 Å². The summed E-state index contributed by atoms with van der Waals surface area (Å²) in [5.41, 5.74) is 0.229. The van der Waals surface area contributed by atoms with E-state index in [4.69, 9.17) is 0 Å². The Kier molecular flexibility index (Phi) is 3.75. The Bertz CT molecular complexity index is 534. The first-order chi connectivity index (χ1) is 9.19. The number of carbonyl (C=O) groups is 1. The van der Waals surface area contributed by atoms with Crippen molar-refractivity contribution < 1.29 is 22.4 Å². The lowest BCUT2D eigenvalue weighted by Gasteiger charge is -2.33. The Hall–Kier alpha value is -1.59. The Morgan fingerprint density at radius 1 is 1.30 bits per heavy atom. The Morgan fingerprint density at radius 3 is 2.40 bits per heavy atom. The van der Waals surface area contributed by atoms with Crippen LogP contribution in [0.4, 0.5) is 23.2 Å². The third-order valence-corrected chi connectivity index (χ3v) is 3.41. The van der Waals surface area contributed by atoms with Crippen molar-refractivity contribution in [2.75, 3.05) is 5.32 Å². The van der Waals surface area contributed by atoms with Gasteiger partial charge in [-0.05, 0) is 17.5 Å². The van der Waals surface area contributed by atoms with Crippen LogP contribution >= 0.6 is 0 Å². The van der Waals surface area contributed by atoms with E-state index in [9.17, 15) is 22.4 Å². The SMILES string of the molecule is CC(C)c1cc(NC(=O)C2CC(F)(F)C2)cc(F)c1F. The molecule has 2 rings (SSSR count). The van der Waals surface area contributed by atoms with Gasteiger partial charge in [0.1, 0.15) is 0 Å². The molecule has 0 heterocycles. The molecule has 6 heteroatoms. The van der Waals surface area contributed by atoms with Crippen LogP contribution < -0.4 is 5.32 Å². The average molecular weight is 289 g/mol. The summed E-state index contributed by atoms with van der Waals surface area (Å²) in [6.45, 7) is 3.38. The highest BCUT2D eigenvalue weighted by Gasteiger charge is 2.48. The van der Waals surface area contributed by atoms with Crippen LogP contribution in [0.15, 0.2) is 12.1 Å². The van der Waals surface area contributed by atoms with Gasteiger partial charge in [-0.25, -0.2) is 17.6 Å². The lowest BCUT2D eigenvalue weighted by molar-refractivity contribution is -0.145. The third kappa shape index (κ3) is 2.94. The number of carbonyl (C=O) groups excluding carboxylic acids is 1. The minimum atomic E-state index is -2.79. The maximum absolute atomic E-state index is 13.5. The van der Waals surface area contributed by atoms with Crippen molar-refractivity contribution in [1.82, 2.24) is 0 Å². The quantitative estimate of drug-likeness (QED) is 0.835. The molecule has 110 valence electrons. The zero-order chi connectivity index (χ0) is 15.1. The van der Waals surface area contributed by atoms with Crippen LogP contribution in [0.25, 0.3) is 0 Å². The second-order valence-electron chi connectivity index (χ2n) is 5.47. The standard InChI is InChI=1S/C14H15F4NO/c1-7(2)10-3-9(4-11(15)12(10)16)19-13(20)8-5-14(17,18)6-8/h3-4,7-8H,5-6H2,1-2H3,(H,19,20). The summed E-state index contributed by atoms with van der Waals surface area (Å²) >= 11 is 0. The van der Waals surface area contributed by atoms with E-state index >= 15 is 0 Å². The van der Waals surface area contributed by atoms with E-state index in [1.807, 2.05) is 0 Å². The fraction of sp³-hybridized carbons (Fsp3) is 0.500. The van der Waals surface area contributed by atoms with Crippen molar-refractivity contribution in [3.63, 3.8) is 0 Å².